The van der Waals surface area contributed by atoms with Crippen LogP contribution in [0.5, 0.6) is 5.75 Å². The van der Waals surface area contributed by atoms with E-state index in [0.29, 0.717) is 28.1 Å². The van der Waals surface area contributed by atoms with Gasteiger partial charge >= 0.3 is 0 Å². The summed E-state index contributed by atoms with van der Waals surface area (Å²) in [5, 5.41) is 15.6. The van der Waals surface area contributed by atoms with Crippen LogP contribution >= 0.6 is 0 Å². The van der Waals surface area contributed by atoms with Crippen LogP contribution in [0.1, 0.15) is 15.9 Å². The van der Waals surface area contributed by atoms with Gasteiger partial charge in [-0.25, -0.2) is 4.68 Å². The standard InChI is InChI=1S/C25H21N5O5/c1-35-22-13-9-18(10-14-22)25(32)27-26-23(31)15-19-16-29(20-5-3-2-4-6-20)28-24(19)17-7-11-21(12-8-17)30(33)34/h2-14,16H,15H2,1H3,(H,26,31)(H,27,32). The van der Waals surface area contributed by atoms with E-state index in [1.54, 1.807) is 47.3 Å². The molecule has 4 aromatic rings. The van der Waals surface area contributed by atoms with Gasteiger partial charge < -0.3 is 4.74 Å². The number of amides is 2. The Labute approximate surface area is 200 Å². The van der Waals surface area contributed by atoms with Crippen molar-refractivity contribution in [3.63, 3.8) is 0 Å². The number of nitrogens with zero attached hydrogens (tertiary/aromatic N) is 3. The van der Waals surface area contributed by atoms with Crippen molar-refractivity contribution in [3.8, 4) is 22.7 Å². The molecule has 176 valence electrons. The molecule has 0 fully saturated rings. The third-order valence-electron chi connectivity index (χ3n) is 5.18. The molecular formula is C25H21N5O5. The zero-order valence-electron chi connectivity index (χ0n) is 18.7. The molecule has 0 aliphatic rings. The van der Waals surface area contributed by atoms with Gasteiger partial charge in [0.1, 0.15) is 5.75 Å². The number of benzene rings is 3. The molecule has 10 heteroatoms. The van der Waals surface area contributed by atoms with Crippen LogP contribution in [-0.4, -0.2) is 33.6 Å². The summed E-state index contributed by atoms with van der Waals surface area (Å²) in [7, 11) is 1.53. The summed E-state index contributed by atoms with van der Waals surface area (Å²) in [6.07, 6.45) is 1.64. The molecular weight excluding hydrogens is 450 g/mol. The summed E-state index contributed by atoms with van der Waals surface area (Å²) >= 11 is 0. The fraction of sp³-hybridized carbons (Fsp3) is 0.0800. The smallest absolute Gasteiger partial charge is 0.269 e. The Balaban J connectivity index is 1.53. The highest BCUT2D eigenvalue weighted by atomic mass is 16.6. The number of hydrogen-bond acceptors (Lipinski definition) is 6. The number of non-ortho nitro benzene ring substituents is 1. The molecule has 1 aromatic heterocycles. The van der Waals surface area contributed by atoms with Crippen LogP contribution in [0.25, 0.3) is 16.9 Å². The van der Waals surface area contributed by atoms with Crippen molar-refractivity contribution in [1.29, 1.82) is 0 Å². The summed E-state index contributed by atoms with van der Waals surface area (Å²) < 4.78 is 6.70. The van der Waals surface area contributed by atoms with Crippen molar-refractivity contribution in [2.24, 2.45) is 0 Å². The number of ether oxygens (including phenoxy) is 1. The lowest BCUT2D eigenvalue weighted by Crippen LogP contribution is -2.42. The molecule has 0 saturated carbocycles. The van der Waals surface area contributed by atoms with Gasteiger partial charge in [-0.05, 0) is 48.5 Å². The Kier molecular flexibility index (Phi) is 6.82. The minimum absolute atomic E-state index is 0.0446. The number of hydrazine groups is 1. The van der Waals surface area contributed by atoms with Crippen LogP contribution in [0.15, 0.2) is 85.1 Å². The molecule has 0 bridgehead atoms. The van der Waals surface area contributed by atoms with E-state index in [9.17, 15) is 19.7 Å². The first-order valence-electron chi connectivity index (χ1n) is 10.6. The fourth-order valence-electron chi connectivity index (χ4n) is 3.39. The predicted octanol–water partition coefficient (Wildman–Crippen LogP) is 3.46. The summed E-state index contributed by atoms with van der Waals surface area (Å²) in [6.45, 7) is 0. The van der Waals surface area contributed by atoms with Gasteiger partial charge in [-0.2, -0.15) is 5.10 Å². The average Bonchev–Trinajstić information content (AvgIpc) is 3.31. The molecule has 3 aromatic carbocycles. The first-order chi connectivity index (χ1) is 16.9. The van der Waals surface area contributed by atoms with Gasteiger partial charge in [0.05, 0.1) is 29.8 Å². The second-order valence-corrected chi connectivity index (χ2v) is 7.49. The highest BCUT2D eigenvalue weighted by Crippen LogP contribution is 2.26. The van der Waals surface area contributed by atoms with E-state index in [1.807, 2.05) is 30.3 Å². The number of aromatic nitrogens is 2. The van der Waals surface area contributed by atoms with Crippen molar-refractivity contribution in [3.05, 3.63) is 106 Å². The SMILES string of the molecule is COc1ccc(C(=O)NNC(=O)Cc2cn(-c3ccccc3)nc2-c2ccc([N+](=O)[O-])cc2)cc1. The van der Waals surface area contributed by atoms with Gasteiger partial charge in [0, 0.05) is 35.0 Å². The zero-order valence-corrected chi connectivity index (χ0v) is 18.7. The van der Waals surface area contributed by atoms with Gasteiger partial charge in [-0.1, -0.05) is 18.2 Å². The van der Waals surface area contributed by atoms with E-state index in [-0.39, 0.29) is 12.1 Å². The number of carbonyl (C=O) groups is 2. The maximum Gasteiger partial charge on any atom is 0.269 e. The minimum Gasteiger partial charge on any atom is -0.497 e. The third kappa shape index (κ3) is 5.50. The lowest BCUT2D eigenvalue weighted by atomic mass is 10.1. The molecule has 4 rings (SSSR count). The number of carbonyl (C=O) groups excluding carboxylic acids is 2. The van der Waals surface area contributed by atoms with Crippen LogP contribution in [-0.2, 0) is 11.2 Å². The molecule has 0 aliphatic carbocycles. The fourth-order valence-corrected chi connectivity index (χ4v) is 3.39. The van der Waals surface area contributed by atoms with Crippen LogP contribution in [0.2, 0.25) is 0 Å². The molecule has 2 amide bonds. The van der Waals surface area contributed by atoms with Crippen LogP contribution < -0.4 is 15.6 Å². The van der Waals surface area contributed by atoms with E-state index in [1.165, 1.54) is 19.2 Å². The molecule has 2 N–H and O–H groups in total. The van der Waals surface area contributed by atoms with Crippen molar-refractivity contribution in [2.75, 3.05) is 7.11 Å². The van der Waals surface area contributed by atoms with Gasteiger partial charge in [0.25, 0.3) is 11.6 Å². The first-order valence-corrected chi connectivity index (χ1v) is 10.6. The minimum atomic E-state index is -0.480. The predicted molar refractivity (Wildman–Crippen MR) is 128 cm³/mol. The molecule has 0 saturated heterocycles. The number of nitrogens with one attached hydrogen (secondary N) is 2. The van der Waals surface area contributed by atoms with Gasteiger partial charge in [0.2, 0.25) is 5.91 Å². The first kappa shape index (κ1) is 23.2. The summed E-state index contributed by atoms with van der Waals surface area (Å²) in [5.41, 5.74) is 7.61. The summed E-state index contributed by atoms with van der Waals surface area (Å²) in [6, 6.07) is 21.7. The van der Waals surface area contributed by atoms with E-state index < -0.39 is 16.7 Å². The second-order valence-electron chi connectivity index (χ2n) is 7.49. The monoisotopic (exact) mass is 471 g/mol. The molecule has 0 aliphatic heterocycles. The highest BCUT2D eigenvalue weighted by Gasteiger charge is 2.17. The lowest BCUT2D eigenvalue weighted by molar-refractivity contribution is -0.384. The molecule has 0 atom stereocenters. The summed E-state index contributed by atoms with van der Waals surface area (Å²) in [5.74, 6) is -0.320. The van der Waals surface area contributed by atoms with Crippen molar-refractivity contribution >= 4 is 17.5 Å². The van der Waals surface area contributed by atoms with Gasteiger partial charge in [0.15, 0.2) is 0 Å². The normalized spacial score (nSPS) is 10.4. The molecule has 10 nitrogen and oxygen atoms in total. The number of hydrogen-bond donors (Lipinski definition) is 2. The number of rotatable bonds is 7. The largest absolute Gasteiger partial charge is 0.497 e. The van der Waals surface area contributed by atoms with Gasteiger partial charge in [-0.3, -0.25) is 30.6 Å². The van der Waals surface area contributed by atoms with E-state index in [0.717, 1.165) is 5.69 Å². The number of para-hydroxylation sites is 1. The lowest BCUT2D eigenvalue weighted by Gasteiger charge is -2.08. The topological polar surface area (TPSA) is 128 Å². The van der Waals surface area contributed by atoms with Crippen LogP contribution in [0.4, 0.5) is 5.69 Å². The number of nitro groups is 1. The third-order valence-corrected chi connectivity index (χ3v) is 5.18. The number of methoxy groups -OCH3 is 1. The van der Waals surface area contributed by atoms with Crippen molar-refractivity contribution < 1.29 is 19.2 Å². The molecule has 35 heavy (non-hydrogen) atoms. The van der Waals surface area contributed by atoms with E-state index >= 15 is 0 Å². The van der Waals surface area contributed by atoms with Crippen molar-refractivity contribution in [2.45, 2.75) is 6.42 Å². The maximum absolute atomic E-state index is 12.6. The number of nitro benzene ring substituents is 1. The zero-order chi connectivity index (χ0) is 24.8. The second kappa shape index (κ2) is 10.3. The Morgan fingerprint density at radius 2 is 1.66 bits per heavy atom. The molecule has 0 unspecified atom stereocenters. The average molecular weight is 471 g/mol. The van der Waals surface area contributed by atoms with E-state index in [2.05, 4.69) is 16.0 Å². The Morgan fingerprint density at radius 3 is 2.29 bits per heavy atom. The molecule has 1 heterocycles. The maximum atomic E-state index is 12.6. The van der Waals surface area contributed by atoms with E-state index in [4.69, 9.17) is 4.74 Å². The van der Waals surface area contributed by atoms with Crippen molar-refractivity contribution in [1.82, 2.24) is 20.6 Å². The quantitative estimate of drug-likeness (QED) is 0.314. The van der Waals surface area contributed by atoms with Crippen LogP contribution in [0.3, 0.4) is 0 Å². The molecule has 0 spiro atoms. The van der Waals surface area contributed by atoms with Crippen LogP contribution in [0, 0.1) is 10.1 Å². The Hall–Kier alpha value is -4.99. The van der Waals surface area contributed by atoms with Gasteiger partial charge in [-0.15, -0.1) is 0 Å². The Bertz CT molecular complexity index is 1350. The Morgan fingerprint density at radius 1 is 0.971 bits per heavy atom. The molecule has 0 radical (unpaired) electrons. The summed E-state index contributed by atoms with van der Waals surface area (Å²) in [4.78, 5) is 35.5. The highest BCUT2D eigenvalue weighted by molar-refractivity contribution is 5.95.